The highest BCUT2D eigenvalue weighted by atomic mass is 35.5. The SMILES string of the molecule is O=C(Nc1ccc(Cl)cc1)N1CCSC1=O. The summed E-state index contributed by atoms with van der Waals surface area (Å²) in [6.45, 7) is 0.461. The van der Waals surface area contributed by atoms with E-state index in [2.05, 4.69) is 5.32 Å². The summed E-state index contributed by atoms with van der Waals surface area (Å²) in [5, 5.41) is 3.04. The van der Waals surface area contributed by atoms with Crippen molar-refractivity contribution in [3.63, 3.8) is 0 Å². The van der Waals surface area contributed by atoms with Crippen molar-refractivity contribution in [2.24, 2.45) is 0 Å². The van der Waals surface area contributed by atoms with Crippen molar-refractivity contribution in [1.82, 2.24) is 4.90 Å². The van der Waals surface area contributed by atoms with Crippen molar-refractivity contribution in [3.8, 4) is 0 Å². The van der Waals surface area contributed by atoms with Gasteiger partial charge >= 0.3 is 6.03 Å². The second kappa shape index (κ2) is 4.76. The van der Waals surface area contributed by atoms with Crippen molar-refractivity contribution in [1.29, 1.82) is 0 Å². The Bertz CT molecular complexity index is 421. The van der Waals surface area contributed by atoms with E-state index >= 15 is 0 Å². The molecule has 0 atom stereocenters. The molecule has 4 nitrogen and oxygen atoms in total. The van der Waals surface area contributed by atoms with Crippen LogP contribution in [0, 0.1) is 0 Å². The summed E-state index contributed by atoms with van der Waals surface area (Å²) in [5.74, 6) is 0.660. The average Bonchev–Trinajstić information content (AvgIpc) is 2.68. The molecule has 1 aromatic rings. The number of halogens is 1. The lowest BCUT2D eigenvalue weighted by Crippen LogP contribution is -2.34. The van der Waals surface area contributed by atoms with Gasteiger partial charge in [-0.05, 0) is 24.3 Å². The fourth-order valence-corrected chi connectivity index (χ4v) is 2.21. The van der Waals surface area contributed by atoms with Gasteiger partial charge in [0, 0.05) is 23.0 Å². The normalized spacial score (nSPS) is 15.3. The van der Waals surface area contributed by atoms with E-state index in [1.165, 1.54) is 4.90 Å². The molecule has 0 saturated carbocycles. The Morgan fingerprint density at radius 1 is 1.38 bits per heavy atom. The monoisotopic (exact) mass is 256 g/mol. The van der Waals surface area contributed by atoms with Gasteiger partial charge in [0.1, 0.15) is 0 Å². The van der Waals surface area contributed by atoms with Crippen LogP contribution in [-0.4, -0.2) is 28.5 Å². The molecular weight excluding hydrogens is 248 g/mol. The fourth-order valence-electron chi connectivity index (χ4n) is 1.30. The first-order valence-corrected chi connectivity index (χ1v) is 6.04. The van der Waals surface area contributed by atoms with Crippen LogP contribution in [-0.2, 0) is 0 Å². The van der Waals surface area contributed by atoms with Crippen molar-refractivity contribution in [2.45, 2.75) is 0 Å². The predicted molar refractivity (Wildman–Crippen MR) is 65.0 cm³/mol. The minimum atomic E-state index is -0.391. The van der Waals surface area contributed by atoms with Crippen LogP contribution in [0.2, 0.25) is 5.02 Å². The van der Waals surface area contributed by atoms with Gasteiger partial charge in [-0.3, -0.25) is 9.69 Å². The summed E-state index contributed by atoms with van der Waals surface area (Å²) in [6.07, 6.45) is 0. The molecule has 1 aliphatic rings. The Labute approximate surface area is 102 Å². The van der Waals surface area contributed by atoms with Crippen molar-refractivity contribution >= 4 is 40.3 Å². The molecule has 0 aliphatic carbocycles. The van der Waals surface area contributed by atoms with E-state index in [4.69, 9.17) is 11.6 Å². The summed E-state index contributed by atoms with van der Waals surface area (Å²) >= 11 is 6.87. The molecule has 1 aliphatic heterocycles. The molecule has 1 aromatic carbocycles. The number of imide groups is 1. The number of nitrogens with one attached hydrogen (secondary N) is 1. The van der Waals surface area contributed by atoms with Crippen molar-refractivity contribution < 1.29 is 9.59 Å². The summed E-state index contributed by atoms with van der Waals surface area (Å²) < 4.78 is 0. The third-order valence-electron chi connectivity index (χ3n) is 2.10. The number of hydrogen-bond acceptors (Lipinski definition) is 3. The van der Waals surface area contributed by atoms with Crippen LogP contribution >= 0.6 is 23.4 Å². The largest absolute Gasteiger partial charge is 0.329 e. The van der Waals surface area contributed by atoms with E-state index in [1.54, 1.807) is 24.3 Å². The maximum Gasteiger partial charge on any atom is 0.329 e. The number of rotatable bonds is 1. The molecule has 84 valence electrons. The third-order valence-corrected chi connectivity index (χ3v) is 3.21. The smallest absolute Gasteiger partial charge is 0.307 e. The van der Waals surface area contributed by atoms with Gasteiger partial charge in [-0.15, -0.1) is 0 Å². The number of carbonyl (C=O) groups is 2. The van der Waals surface area contributed by atoms with E-state index in [9.17, 15) is 9.59 Å². The second-order valence-electron chi connectivity index (χ2n) is 3.20. The van der Waals surface area contributed by atoms with Crippen LogP contribution in [0.4, 0.5) is 15.3 Å². The molecule has 6 heteroatoms. The Hall–Kier alpha value is -1.20. The number of thioether (sulfide) groups is 1. The summed E-state index contributed by atoms with van der Waals surface area (Å²) in [6, 6.07) is 6.34. The fraction of sp³-hybridized carbons (Fsp3) is 0.200. The van der Waals surface area contributed by atoms with Gasteiger partial charge in [0.15, 0.2) is 0 Å². The highest BCUT2D eigenvalue weighted by Gasteiger charge is 2.27. The minimum absolute atomic E-state index is 0.202. The zero-order chi connectivity index (χ0) is 11.5. The molecule has 2 rings (SSSR count). The van der Waals surface area contributed by atoms with Gasteiger partial charge < -0.3 is 5.32 Å². The molecule has 16 heavy (non-hydrogen) atoms. The topological polar surface area (TPSA) is 49.4 Å². The summed E-state index contributed by atoms with van der Waals surface area (Å²) in [7, 11) is 0. The molecular formula is C10H9ClN2O2S. The first-order valence-electron chi connectivity index (χ1n) is 4.67. The highest BCUT2D eigenvalue weighted by molar-refractivity contribution is 8.13. The van der Waals surface area contributed by atoms with E-state index in [-0.39, 0.29) is 5.24 Å². The Morgan fingerprint density at radius 2 is 2.06 bits per heavy atom. The zero-order valence-corrected chi connectivity index (χ0v) is 9.85. The number of urea groups is 1. The lowest BCUT2D eigenvalue weighted by molar-refractivity contribution is 0.213. The second-order valence-corrected chi connectivity index (χ2v) is 4.69. The lowest BCUT2D eigenvalue weighted by atomic mass is 10.3. The van der Waals surface area contributed by atoms with Crippen LogP contribution < -0.4 is 5.32 Å². The minimum Gasteiger partial charge on any atom is -0.307 e. The van der Waals surface area contributed by atoms with Crippen LogP contribution in [0.25, 0.3) is 0 Å². The number of benzene rings is 1. The Morgan fingerprint density at radius 3 is 2.62 bits per heavy atom. The lowest BCUT2D eigenvalue weighted by Gasteiger charge is -2.13. The van der Waals surface area contributed by atoms with Gasteiger partial charge in [-0.1, -0.05) is 23.4 Å². The Kier molecular flexibility index (Phi) is 3.36. The zero-order valence-electron chi connectivity index (χ0n) is 8.27. The molecule has 0 aromatic heterocycles. The number of anilines is 1. The first-order chi connectivity index (χ1) is 7.66. The van der Waals surface area contributed by atoms with E-state index in [0.29, 0.717) is 23.0 Å². The van der Waals surface area contributed by atoms with Crippen molar-refractivity contribution in [2.75, 3.05) is 17.6 Å². The molecule has 3 amide bonds. The maximum absolute atomic E-state index is 11.7. The molecule has 0 radical (unpaired) electrons. The van der Waals surface area contributed by atoms with E-state index < -0.39 is 6.03 Å². The average molecular weight is 257 g/mol. The van der Waals surface area contributed by atoms with Crippen LogP contribution in [0.5, 0.6) is 0 Å². The molecule has 1 heterocycles. The quantitative estimate of drug-likeness (QED) is 0.840. The van der Waals surface area contributed by atoms with Crippen molar-refractivity contribution in [3.05, 3.63) is 29.3 Å². The van der Waals surface area contributed by atoms with E-state index in [0.717, 1.165) is 11.8 Å². The molecule has 1 fully saturated rings. The highest BCUT2D eigenvalue weighted by Crippen LogP contribution is 2.19. The van der Waals surface area contributed by atoms with Crippen LogP contribution in [0.3, 0.4) is 0 Å². The first kappa shape index (κ1) is 11.3. The van der Waals surface area contributed by atoms with Gasteiger partial charge in [0.2, 0.25) is 0 Å². The third kappa shape index (κ3) is 2.48. The van der Waals surface area contributed by atoms with Gasteiger partial charge in [0.25, 0.3) is 5.24 Å². The summed E-state index contributed by atoms with van der Waals surface area (Å²) in [5.41, 5.74) is 0.624. The van der Waals surface area contributed by atoms with Gasteiger partial charge in [0.05, 0.1) is 0 Å². The Balaban J connectivity index is 2.02. The maximum atomic E-state index is 11.7. The van der Waals surface area contributed by atoms with Gasteiger partial charge in [-0.2, -0.15) is 0 Å². The van der Waals surface area contributed by atoms with Gasteiger partial charge in [-0.25, -0.2) is 4.79 Å². The standard InChI is InChI=1S/C10H9ClN2O2S/c11-7-1-3-8(4-2-7)12-9(14)13-5-6-16-10(13)15/h1-4H,5-6H2,(H,12,14). The molecule has 0 spiro atoms. The number of hydrogen-bond donors (Lipinski definition) is 1. The molecule has 0 bridgehead atoms. The molecule has 0 unspecified atom stereocenters. The van der Waals surface area contributed by atoms with E-state index in [1.807, 2.05) is 0 Å². The molecule has 1 saturated heterocycles. The predicted octanol–water partition coefficient (Wildman–Crippen LogP) is 3.04. The summed E-state index contributed by atoms with van der Waals surface area (Å²) in [4.78, 5) is 24.1. The number of amides is 3. The van der Waals surface area contributed by atoms with Crippen LogP contribution in [0.1, 0.15) is 0 Å². The number of nitrogens with zero attached hydrogens (tertiary/aromatic N) is 1. The molecule has 1 N–H and O–H groups in total. The number of carbonyl (C=O) groups excluding carboxylic acids is 2. The van der Waals surface area contributed by atoms with Crippen LogP contribution in [0.15, 0.2) is 24.3 Å².